The average Bonchev–Trinajstić information content (AvgIpc) is 2.63. The molecule has 126 valence electrons. The molecule has 1 aliphatic heterocycles. The minimum Gasteiger partial charge on any atom is -0.497 e. The fraction of sp³-hybridized carbons (Fsp3) is 0.316. The minimum absolute atomic E-state index is 0.0380. The molecular formula is C19H23N3O2. The van der Waals surface area contributed by atoms with Crippen molar-refractivity contribution in [1.29, 1.82) is 0 Å². The molecule has 3 rings (SSSR count). The number of anilines is 2. The zero-order chi connectivity index (χ0) is 16.8. The molecule has 0 unspecified atom stereocenters. The van der Waals surface area contributed by atoms with Gasteiger partial charge in [0, 0.05) is 43.6 Å². The highest BCUT2D eigenvalue weighted by Gasteiger charge is 2.19. The van der Waals surface area contributed by atoms with Crippen LogP contribution in [0.1, 0.15) is 0 Å². The van der Waals surface area contributed by atoms with Crippen molar-refractivity contribution >= 4 is 17.3 Å². The molecule has 0 aromatic heterocycles. The zero-order valence-electron chi connectivity index (χ0n) is 13.9. The van der Waals surface area contributed by atoms with Crippen molar-refractivity contribution in [3.63, 3.8) is 0 Å². The third-order valence-corrected chi connectivity index (χ3v) is 4.22. The lowest BCUT2D eigenvalue weighted by Gasteiger charge is -2.35. The Kier molecular flexibility index (Phi) is 5.33. The van der Waals surface area contributed by atoms with E-state index in [0.29, 0.717) is 6.54 Å². The van der Waals surface area contributed by atoms with Crippen molar-refractivity contribution in [2.75, 3.05) is 50.1 Å². The maximum absolute atomic E-state index is 12.1. The molecule has 1 amide bonds. The fourth-order valence-corrected chi connectivity index (χ4v) is 2.90. The molecule has 0 saturated carbocycles. The highest BCUT2D eigenvalue weighted by atomic mass is 16.5. The van der Waals surface area contributed by atoms with E-state index in [1.165, 1.54) is 5.69 Å². The third-order valence-electron chi connectivity index (χ3n) is 4.22. The van der Waals surface area contributed by atoms with Crippen molar-refractivity contribution in [2.24, 2.45) is 0 Å². The molecule has 0 atom stereocenters. The molecule has 1 fully saturated rings. The molecule has 5 nitrogen and oxygen atoms in total. The number of nitrogens with zero attached hydrogens (tertiary/aromatic N) is 2. The van der Waals surface area contributed by atoms with Gasteiger partial charge in [-0.2, -0.15) is 0 Å². The summed E-state index contributed by atoms with van der Waals surface area (Å²) in [6, 6.07) is 17.7. The van der Waals surface area contributed by atoms with Crippen LogP contribution in [0.2, 0.25) is 0 Å². The number of benzene rings is 2. The second-order valence-electron chi connectivity index (χ2n) is 5.88. The minimum atomic E-state index is 0.0380. The van der Waals surface area contributed by atoms with E-state index >= 15 is 0 Å². The number of hydrogen-bond donors (Lipinski definition) is 1. The van der Waals surface area contributed by atoms with E-state index in [1.807, 2.05) is 42.5 Å². The van der Waals surface area contributed by atoms with Gasteiger partial charge in [0.05, 0.1) is 13.7 Å². The van der Waals surface area contributed by atoms with Crippen LogP contribution < -0.4 is 15.0 Å². The predicted octanol–water partition coefficient (Wildman–Crippen LogP) is 2.46. The van der Waals surface area contributed by atoms with Crippen molar-refractivity contribution in [2.45, 2.75) is 0 Å². The maximum Gasteiger partial charge on any atom is 0.238 e. The summed E-state index contributed by atoms with van der Waals surface area (Å²) in [5.74, 6) is 0.910. The van der Waals surface area contributed by atoms with Gasteiger partial charge in [0.15, 0.2) is 0 Å². The van der Waals surface area contributed by atoms with Crippen molar-refractivity contribution < 1.29 is 9.53 Å². The number of nitrogens with one attached hydrogen (secondary N) is 1. The van der Waals surface area contributed by atoms with Gasteiger partial charge in [0.25, 0.3) is 0 Å². The number of carbonyl (C=O) groups is 1. The number of amides is 1. The van der Waals surface area contributed by atoms with Gasteiger partial charge in [0.2, 0.25) is 5.91 Å². The Morgan fingerprint density at radius 3 is 2.50 bits per heavy atom. The topological polar surface area (TPSA) is 44.8 Å². The number of carbonyl (C=O) groups excluding carboxylic acids is 1. The van der Waals surface area contributed by atoms with Crippen molar-refractivity contribution in [3.8, 4) is 5.75 Å². The van der Waals surface area contributed by atoms with Crippen molar-refractivity contribution in [1.82, 2.24) is 4.90 Å². The number of methoxy groups -OCH3 is 1. The van der Waals surface area contributed by atoms with E-state index < -0.39 is 0 Å². The monoisotopic (exact) mass is 325 g/mol. The molecule has 0 spiro atoms. The Morgan fingerprint density at radius 1 is 1.04 bits per heavy atom. The largest absolute Gasteiger partial charge is 0.497 e. The smallest absolute Gasteiger partial charge is 0.238 e. The number of hydrogen-bond acceptors (Lipinski definition) is 4. The Bertz CT molecular complexity index is 667. The van der Waals surface area contributed by atoms with Gasteiger partial charge in [-0.05, 0) is 24.3 Å². The number of para-hydroxylation sites is 1. The molecule has 5 heteroatoms. The molecule has 1 saturated heterocycles. The normalized spacial score (nSPS) is 15.1. The average molecular weight is 325 g/mol. The van der Waals surface area contributed by atoms with Crippen LogP contribution in [-0.4, -0.2) is 50.6 Å². The molecule has 1 aliphatic rings. The van der Waals surface area contributed by atoms with Crippen LogP contribution in [0.15, 0.2) is 54.6 Å². The van der Waals surface area contributed by atoms with Crippen LogP contribution in [-0.2, 0) is 4.79 Å². The first-order valence-corrected chi connectivity index (χ1v) is 8.21. The predicted molar refractivity (Wildman–Crippen MR) is 96.7 cm³/mol. The number of piperazine rings is 1. The van der Waals surface area contributed by atoms with Gasteiger partial charge in [-0.25, -0.2) is 0 Å². The molecule has 1 N–H and O–H groups in total. The summed E-state index contributed by atoms with van der Waals surface area (Å²) in [6.45, 7) is 4.00. The molecule has 2 aromatic rings. The van der Waals surface area contributed by atoms with Gasteiger partial charge in [-0.1, -0.05) is 24.3 Å². The maximum atomic E-state index is 12.1. The first-order valence-electron chi connectivity index (χ1n) is 8.21. The highest BCUT2D eigenvalue weighted by molar-refractivity contribution is 5.92. The van der Waals surface area contributed by atoms with E-state index in [-0.39, 0.29) is 5.91 Å². The molecule has 1 heterocycles. The molecular weight excluding hydrogens is 302 g/mol. The fourth-order valence-electron chi connectivity index (χ4n) is 2.90. The van der Waals surface area contributed by atoms with Crippen LogP contribution in [0.4, 0.5) is 11.4 Å². The van der Waals surface area contributed by atoms with Gasteiger partial charge in [-0.15, -0.1) is 0 Å². The van der Waals surface area contributed by atoms with Gasteiger partial charge < -0.3 is 15.0 Å². The summed E-state index contributed by atoms with van der Waals surface area (Å²) in [5.41, 5.74) is 2.01. The lowest BCUT2D eigenvalue weighted by molar-refractivity contribution is -0.117. The van der Waals surface area contributed by atoms with Crippen LogP contribution >= 0.6 is 0 Å². The molecule has 2 aromatic carbocycles. The van der Waals surface area contributed by atoms with E-state index in [0.717, 1.165) is 37.6 Å². The lowest BCUT2D eigenvalue weighted by Crippen LogP contribution is -2.48. The molecule has 0 radical (unpaired) electrons. The molecule has 0 aliphatic carbocycles. The van der Waals surface area contributed by atoms with Crippen LogP contribution in [0.3, 0.4) is 0 Å². The SMILES string of the molecule is COc1cccc(N2CCN(CC(=O)Nc3ccccc3)CC2)c1. The first-order chi connectivity index (χ1) is 11.7. The quantitative estimate of drug-likeness (QED) is 0.917. The first kappa shape index (κ1) is 16.3. The summed E-state index contributed by atoms with van der Waals surface area (Å²) < 4.78 is 5.29. The summed E-state index contributed by atoms with van der Waals surface area (Å²) in [4.78, 5) is 16.6. The van der Waals surface area contributed by atoms with E-state index in [9.17, 15) is 4.79 Å². The van der Waals surface area contributed by atoms with Gasteiger partial charge in [0.1, 0.15) is 5.75 Å². The van der Waals surface area contributed by atoms with E-state index in [4.69, 9.17) is 4.74 Å². The standard InChI is InChI=1S/C19H23N3O2/c1-24-18-9-5-8-17(14-18)22-12-10-21(11-13-22)15-19(23)20-16-6-3-2-4-7-16/h2-9,14H,10-13,15H2,1H3,(H,20,23). The van der Waals surface area contributed by atoms with Crippen LogP contribution in [0.5, 0.6) is 5.75 Å². The Balaban J connectivity index is 1.49. The highest BCUT2D eigenvalue weighted by Crippen LogP contribution is 2.22. The van der Waals surface area contributed by atoms with E-state index in [1.54, 1.807) is 7.11 Å². The number of ether oxygens (including phenoxy) is 1. The van der Waals surface area contributed by atoms with Crippen molar-refractivity contribution in [3.05, 3.63) is 54.6 Å². The lowest BCUT2D eigenvalue weighted by atomic mass is 10.2. The Hall–Kier alpha value is -2.53. The van der Waals surface area contributed by atoms with Gasteiger partial charge >= 0.3 is 0 Å². The molecule has 24 heavy (non-hydrogen) atoms. The zero-order valence-corrected chi connectivity index (χ0v) is 13.9. The van der Waals surface area contributed by atoms with Crippen LogP contribution in [0.25, 0.3) is 0 Å². The Morgan fingerprint density at radius 2 is 1.79 bits per heavy atom. The molecule has 0 bridgehead atoms. The third kappa shape index (κ3) is 4.26. The van der Waals surface area contributed by atoms with Gasteiger partial charge in [-0.3, -0.25) is 9.69 Å². The second kappa shape index (κ2) is 7.84. The summed E-state index contributed by atoms with van der Waals surface area (Å²) in [6.07, 6.45) is 0. The van der Waals surface area contributed by atoms with E-state index in [2.05, 4.69) is 27.2 Å². The summed E-state index contributed by atoms with van der Waals surface area (Å²) in [5, 5.41) is 2.94. The number of rotatable bonds is 5. The summed E-state index contributed by atoms with van der Waals surface area (Å²) >= 11 is 0. The Labute approximate surface area is 142 Å². The van der Waals surface area contributed by atoms with Crippen LogP contribution in [0, 0.1) is 0 Å². The summed E-state index contributed by atoms with van der Waals surface area (Å²) in [7, 11) is 1.68. The second-order valence-corrected chi connectivity index (χ2v) is 5.88.